The van der Waals surface area contributed by atoms with Crippen molar-refractivity contribution in [3.05, 3.63) is 54.2 Å². The highest BCUT2D eigenvalue weighted by molar-refractivity contribution is 7.89. The van der Waals surface area contributed by atoms with Crippen molar-refractivity contribution in [1.29, 1.82) is 0 Å². The zero-order valence-electron chi connectivity index (χ0n) is 14.1. The summed E-state index contributed by atoms with van der Waals surface area (Å²) < 4.78 is 32.4. The maximum Gasteiger partial charge on any atom is 0.243 e. The molecule has 1 aliphatic rings. The first-order valence-corrected chi connectivity index (χ1v) is 9.39. The van der Waals surface area contributed by atoms with Crippen molar-refractivity contribution >= 4 is 10.0 Å². The second-order valence-electron chi connectivity index (χ2n) is 7.00. The van der Waals surface area contributed by atoms with E-state index in [4.69, 9.17) is 4.74 Å². The lowest BCUT2D eigenvalue weighted by Gasteiger charge is -2.37. The molecule has 2 heterocycles. The molecule has 0 unspecified atom stereocenters. The standard InChI is InChI=1S/C18H22N2O3S/c1-18(2,3)14-7-9-16(10-8-14)24(21,22)20-12-15(13-20)23-17-6-4-5-11-19-17/h4-11,15H,12-13H2,1-3H3. The summed E-state index contributed by atoms with van der Waals surface area (Å²) in [6, 6.07) is 12.6. The van der Waals surface area contributed by atoms with Crippen LogP contribution in [0.3, 0.4) is 0 Å². The molecule has 1 aromatic carbocycles. The maximum absolute atomic E-state index is 12.6. The molecular formula is C18H22N2O3S. The van der Waals surface area contributed by atoms with E-state index in [1.165, 1.54) is 4.31 Å². The lowest BCUT2D eigenvalue weighted by Crippen LogP contribution is -2.56. The van der Waals surface area contributed by atoms with E-state index in [9.17, 15) is 8.42 Å². The summed E-state index contributed by atoms with van der Waals surface area (Å²) in [6.07, 6.45) is 1.50. The molecule has 0 aliphatic carbocycles. The highest BCUT2D eigenvalue weighted by Crippen LogP contribution is 2.27. The number of aromatic nitrogens is 1. The fourth-order valence-corrected chi connectivity index (χ4v) is 4.04. The van der Waals surface area contributed by atoms with Gasteiger partial charge >= 0.3 is 0 Å². The van der Waals surface area contributed by atoms with E-state index in [0.717, 1.165) is 5.56 Å². The third-order valence-electron chi connectivity index (χ3n) is 4.10. The predicted octanol–water partition coefficient (Wildman–Crippen LogP) is 2.83. The van der Waals surface area contributed by atoms with E-state index in [1.54, 1.807) is 24.4 Å². The minimum atomic E-state index is -3.46. The van der Waals surface area contributed by atoms with E-state index in [1.807, 2.05) is 24.3 Å². The molecule has 3 rings (SSSR count). The molecule has 0 saturated carbocycles. The van der Waals surface area contributed by atoms with Gasteiger partial charge in [-0.25, -0.2) is 13.4 Å². The van der Waals surface area contributed by atoms with E-state index in [0.29, 0.717) is 23.9 Å². The van der Waals surface area contributed by atoms with Gasteiger partial charge in [0.2, 0.25) is 15.9 Å². The van der Waals surface area contributed by atoms with Crippen LogP contribution in [-0.2, 0) is 15.4 Å². The monoisotopic (exact) mass is 346 g/mol. The summed E-state index contributed by atoms with van der Waals surface area (Å²) in [5, 5.41) is 0. The number of ether oxygens (including phenoxy) is 1. The van der Waals surface area contributed by atoms with Gasteiger partial charge in [-0.15, -0.1) is 0 Å². The van der Waals surface area contributed by atoms with Gasteiger partial charge in [0.15, 0.2) is 0 Å². The predicted molar refractivity (Wildman–Crippen MR) is 92.6 cm³/mol. The molecule has 1 aliphatic heterocycles. The normalized spacial score (nSPS) is 16.6. The number of hydrogen-bond donors (Lipinski definition) is 0. The average molecular weight is 346 g/mol. The Morgan fingerprint density at radius 3 is 2.29 bits per heavy atom. The van der Waals surface area contributed by atoms with Crippen LogP contribution in [0.25, 0.3) is 0 Å². The number of pyridine rings is 1. The summed E-state index contributed by atoms with van der Waals surface area (Å²) in [4.78, 5) is 4.41. The third-order valence-corrected chi connectivity index (χ3v) is 5.94. The average Bonchev–Trinajstić information content (AvgIpc) is 2.50. The van der Waals surface area contributed by atoms with Gasteiger partial charge in [0.25, 0.3) is 0 Å². The fraction of sp³-hybridized carbons (Fsp3) is 0.389. The number of hydrogen-bond acceptors (Lipinski definition) is 4. The van der Waals surface area contributed by atoms with Crippen LogP contribution in [0.1, 0.15) is 26.3 Å². The molecule has 0 radical (unpaired) electrons. The Hall–Kier alpha value is -1.92. The van der Waals surface area contributed by atoms with Crippen LogP contribution in [0, 0.1) is 0 Å². The summed E-state index contributed by atoms with van der Waals surface area (Å²) in [5.41, 5.74) is 1.11. The van der Waals surface area contributed by atoms with Gasteiger partial charge in [0.05, 0.1) is 18.0 Å². The second kappa shape index (κ2) is 6.18. The lowest BCUT2D eigenvalue weighted by atomic mass is 9.87. The highest BCUT2D eigenvalue weighted by atomic mass is 32.2. The molecule has 1 fully saturated rings. The van der Waals surface area contributed by atoms with Crippen LogP contribution in [-0.4, -0.2) is 36.9 Å². The van der Waals surface area contributed by atoms with Crippen molar-refractivity contribution < 1.29 is 13.2 Å². The first kappa shape index (κ1) is 16.9. The largest absolute Gasteiger partial charge is 0.472 e. The summed E-state index contributed by atoms with van der Waals surface area (Å²) in [7, 11) is -3.46. The number of nitrogens with zero attached hydrogens (tertiary/aromatic N) is 2. The van der Waals surface area contributed by atoms with Gasteiger partial charge in [-0.3, -0.25) is 0 Å². The molecule has 1 saturated heterocycles. The Labute approximate surface area is 143 Å². The smallest absolute Gasteiger partial charge is 0.243 e. The highest BCUT2D eigenvalue weighted by Gasteiger charge is 2.38. The van der Waals surface area contributed by atoms with Crippen molar-refractivity contribution in [2.24, 2.45) is 0 Å². The van der Waals surface area contributed by atoms with Crippen LogP contribution < -0.4 is 4.74 Å². The second-order valence-corrected chi connectivity index (χ2v) is 8.94. The lowest BCUT2D eigenvalue weighted by molar-refractivity contribution is 0.0721. The molecule has 0 atom stereocenters. The molecule has 0 bridgehead atoms. The van der Waals surface area contributed by atoms with E-state index in [2.05, 4.69) is 25.8 Å². The molecule has 1 aromatic heterocycles. The topological polar surface area (TPSA) is 59.5 Å². The van der Waals surface area contributed by atoms with Crippen LogP contribution >= 0.6 is 0 Å². The van der Waals surface area contributed by atoms with E-state index >= 15 is 0 Å². The number of benzene rings is 1. The van der Waals surface area contributed by atoms with Gasteiger partial charge < -0.3 is 4.74 Å². The van der Waals surface area contributed by atoms with Crippen molar-refractivity contribution in [1.82, 2.24) is 9.29 Å². The SMILES string of the molecule is CC(C)(C)c1ccc(S(=O)(=O)N2CC(Oc3ccccn3)C2)cc1. The summed E-state index contributed by atoms with van der Waals surface area (Å²) >= 11 is 0. The third kappa shape index (κ3) is 3.44. The molecule has 128 valence electrons. The minimum Gasteiger partial charge on any atom is -0.472 e. The van der Waals surface area contributed by atoms with Gasteiger partial charge in [0, 0.05) is 12.3 Å². The van der Waals surface area contributed by atoms with E-state index < -0.39 is 10.0 Å². The van der Waals surface area contributed by atoms with E-state index in [-0.39, 0.29) is 11.5 Å². The summed E-state index contributed by atoms with van der Waals surface area (Å²) in [5.74, 6) is 0.522. The van der Waals surface area contributed by atoms with Crippen molar-refractivity contribution in [3.8, 4) is 5.88 Å². The molecule has 5 nitrogen and oxygen atoms in total. The Balaban J connectivity index is 1.65. The molecule has 6 heteroatoms. The van der Waals surface area contributed by atoms with Gasteiger partial charge in [-0.1, -0.05) is 39.0 Å². The Morgan fingerprint density at radius 2 is 1.75 bits per heavy atom. The van der Waals surface area contributed by atoms with Crippen LogP contribution in [0.15, 0.2) is 53.6 Å². The maximum atomic E-state index is 12.6. The van der Waals surface area contributed by atoms with Crippen LogP contribution in [0.5, 0.6) is 5.88 Å². The zero-order chi connectivity index (χ0) is 17.4. The molecular weight excluding hydrogens is 324 g/mol. The first-order valence-electron chi connectivity index (χ1n) is 7.95. The molecule has 0 amide bonds. The number of sulfonamides is 1. The summed E-state index contributed by atoms with van der Waals surface area (Å²) in [6.45, 7) is 7.00. The Kier molecular flexibility index (Phi) is 4.36. The molecule has 0 N–H and O–H groups in total. The van der Waals surface area contributed by atoms with Crippen molar-refractivity contribution in [3.63, 3.8) is 0 Å². The Bertz CT molecular complexity index is 790. The molecule has 2 aromatic rings. The Morgan fingerprint density at radius 1 is 1.08 bits per heavy atom. The number of rotatable bonds is 4. The van der Waals surface area contributed by atoms with Gasteiger partial charge in [0.1, 0.15) is 6.10 Å². The van der Waals surface area contributed by atoms with Crippen LogP contribution in [0.2, 0.25) is 0 Å². The zero-order valence-corrected chi connectivity index (χ0v) is 15.0. The van der Waals surface area contributed by atoms with Crippen molar-refractivity contribution in [2.75, 3.05) is 13.1 Å². The fourth-order valence-electron chi connectivity index (χ4n) is 2.54. The molecule has 0 spiro atoms. The minimum absolute atomic E-state index is 0.000661. The van der Waals surface area contributed by atoms with Gasteiger partial charge in [-0.05, 0) is 29.2 Å². The van der Waals surface area contributed by atoms with Crippen LogP contribution in [0.4, 0.5) is 0 Å². The molecule has 24 heavy (non-hydrogen) atoms. The first-order chi connectivity index (χ1) is 11.3. The quantitative estimate of drug-likeness (QED) is 0.854. The van der Waals surface area contributed by atoms with Gasteiger partial charge in [-0.2, -0.15) is 4.31 Å². The van der Waals surface area contributed by atoms with Crippen molar-refractivity contribution in [2.45, 2.75) is 37.2 Å².